The summed E-state index contributed by atoms with van der Waals surface area (Å²) in [7, 11) is -1.79. The van der Waals surface area contributed by atoms with Crippen molar-refractivity contribution in [1.29, 1.82) is 0 Å². The number of ether oxygens (including phenoxy) is 2. The highest BCUT2D eigenvalue weighted by atomic mass is 16.7. The lowest BCUT2D eigenvalue weighted by Crippen LogP contribution is -2.60. The number of rotatable bonds is 14. The molecule has 3 N–H and O–H groups in total. The second-order valence-electron chi connectivity index (χ2n) is 11.7. The van der Waals surface area contributed by atoms with E-state index in [9.17, 15) is 33.9 Å². The molecule has 0 bridgehead atoms. The molecule has 0 radical (unpaired) electrons. The number of hydrogen-bond donors (Lipinski definition) is 3. The largest absolute Gasteiger partial charge is 0.551 e. The van der Waals surface area contributed by atoms with Crippen molar-refractivity contribution >= 4 is 50.5 Å². The summed E-state index contributed by atoms with van der Waals surface area (Å²) in [4.78, 5) is 79.6. The third kappa shape index (κ3) is 10.9. The van der Waals surface area contributed by atoms with Crippen LogP contribution in [0, 0.1) is 5.92 Å². The Labute approximate surface area is 282 Å². The summed E-state index contributed by atoms with van der Waals surface area (Å²) < 4.78 is 30.8. The Morgan fingerprint density at radius 1 is 0.939 bits per heavy atom. The van der Waals surface area contributed by atoms with Crippen LogP contribution in [-0.4, -0.2) is 104 Å². The first-order valence-electron chi connectivity index (χ1n) is 15.7. The summed E-state index contributed by atoms with van der Waals surface area (Å²) >= 11 is 0. The first-order valence-corrected chi connectivity index (χ1v) is 15.7. The first kappa shape index (κ1) is 37.0. The molecular formula is C31H37B2N3O13. The van der Waals surface area contributed by atoms with E-state index in [4.69, 9.17) is 23.4 Å². The molecule has 2 aromatic rings. The molecule has 2 saturated heterocycles. The van der Waals surface area contributed by atoms with Gasteiger partial charge in [0, 0.05) is 5.56 Å². The molecule has 260 valence electrons. The fourth-order valence-electron chi connectivity index (χ4n) is 4.93. The Hall–Kier alpha value is -4.80. The molecule has 0 unspecified atom stereocenters. The minimum absolute atomic E-state index is 0.0196. The molecule has 0 aliphatic carbocycles. The Morgan fingerprint density at radius 3 is 2.27 bits per heavy atom. The number of carbonyl (C=O) groups is 6. The second-order valence-corrected chi connectivity index (χ2v) is 11.7. The maximum absolute atomic E-state index is 13.5. The van der Waals surface area contributed by atoms with Gasteiger partial charge in [-0.3, -0.25) is 19.2 Å². The van der Waals surface area contributed by atoms with Crippen LogP contribution in [0.15, 0.2) is 48.5 Å². The number of hydrogen-bond acceptors (Lipinski definition) is 14. The van der Waals surface area contributed by atoms with Gasteiger partial charge in [-0.2, -0.15) is 0 Å². The van der Waals surface area contributed by atoms with Crippen molar-refractivity contribution in [1.82, 2.24) is 15.6 Å². The summed E-state index contributed by atoms with van der Waals surface area (Å²) in [5.74, 6) is -5.74. The minimum Gasteiger partial charge on any atom is -0.512 e. The van der Waals surface area contributed by atoms with Gasteiger partial charge in [-0.05, 0) is 31.4 Å². The van der Waals surface area contributed by atoms with Crippen LogP contribution in [0.5, 0.6) is 0 Å². The fraction of sp³-hybridized carbons (Fsp3) is 0.452. The molecule has 18 heteroatoms. The monoisotopic (exact) mass is 681 g/mol. The van der Waals surface area contributed by atoms with E-state index in [1.807, 2.05) is 44.2 Å². The van der Waals surface area contributed by atoms with E-state index in [1.165, 1.54) is 13.0 Å². The zero-order valence-corrected chi connectivity index (χ0v) is 27.2. The van der Waals surface area contributed by atoms with Gasteiger partial charge in [-0.15, -0.1) is 0 Å². The molecule has 0 spiro atoms. The summed E-state index contributed by atoms with van der Waals surface area (Å²) in [6, 6.07) is 12.6. The number of pyridine rings is 1. The standard InChI is InChI=1S/C31H37B2N3O13/c1-17(2)14-24(33-48-23(16-26(39)49-33)31(43)45-13-12-44-30(42)22-15-25(38)47-32-46-22)35-29(41)27(18(3)37)36-28(40)21-11-7-10-20(34-21)19-8-5-4-6-9-19/h4-11,17-18,22-24,27,32,37H,12-16H2,1-3H3,(H,35,41)(H,36,40)/t18-,22+,23+,24+,27+/m1/s1. The average Bonchev–Trinajstić information content (AvgIpc) is 3.08. The SMILES string of the molecule is CC(C)C[C@H](NC(=O)[C@@H](NC(=O)c1cccc(-c2ccccc2)n1)[C@@H](C)O)B1OC(=O)C[C@@H](C(=O)OCCOC(=O)[C@@H]2CC(=O)OBO2)O1. The van der Waals surface area contributed by atoms with Crippen LogP contribution in [0.1, 0.15) is 50.5 Å². The number of nitrogens with one attached hydrogen (secondary N) is 2. The molecule has 2 aliphatic heterocycles. The molecule has 3 heterocycles. The van der Waals surface area contributed by atoms with E-state index in [-0.39, 0.29) is 45.4 Å². The summed E-state index contributed by atoms with van der Waals surface area (Å²) in [5, 5.41) is 15.7. The van der Waals surface area contributed by atoms with Gasteiger partial charge >= 0.3 is 26.7 Å². The molecule has 4 rings (SSSR count). The molecule has 49 heavy (non-hydrogen) atoms. The molecule has 1 aromatic heterocycles. The molecule has 5 atom stereocenters. The molecule has 1 aromatic carbocycles. The third-order valence-corrected chi connectivity index (χ3v) is 7.32. The number of benzene rings is 1. The van der Waals surface area contributed by atoms with Gasteiger partial charge in [0.1, 0.15) is 24.9 Å². The van der Waals surface area contributed by atoms with Gasteiger partial charge in [-0.1, -0.05) is 50.2 Å². The number of aliphatic hydroxyl groups is 1. The average molecular weight is 681 g/mol. The van der Waals surface area contributed by atoms with E-state index in [0.29, 0.717) is 5.69 Å². The van der Waals surface area contributed by atoms with E-state index in [0.717, 1.165) is 5.56 Å². The van der Waals surface area contributed by atoms with E-state index in [2.05, 4.69) is 20.3 Å². The van der Waals surface area contributed by atoms with E-state index in [1.54, 1.807) is 12.1 Å². The lowest BCUT2D eigenvalue weighted by molar-refractivity contribution is -0.167. The fourth-order valence-corrected chi connectivity index (χ4v) is 4.93. The molecule has 2 aliphatic rings. The highest BCUT2D eigenvalue weighted by Crippen LogP contribution is 2.20. The van der Waals surface area contributed by atoms with Crippen molar-refractivity contribution in [2.75, 3.05) is 13.2 Å². The van der Waals surface area contributed by atoms with Crippen molar-refractivity contribution < 1.29 is 62.0 Å². The Morgan fingerprint density at radius 2 is 1.61 bits per heavy atom. The summed E-state index contributed by atoms with van der Waals surface area (Å²) in [6.07, 6.45) is -4.44. The van der Waals surface area contributed by atoms with Crippen LogP contribution in [0.4, 0.5) is 0 Å². The zero-order valence-electron chi connectivity index (χ0n) is 27.2. The van der Waals surface area contributed by atoms with Crippen LogP contribution >= 0.6 is 0 Å². The number of aromatic nitrogens is 1. The highest BCUT2D eigenvalue weighted by molar-refractivity contribution is 6.50. The topological polar surface area (TPSA) is 215 Å². The molecule has 2 fully saturated rings. The van der Waals surface area contributed by atoms with Gasteiger partial charge in [-0.25, -0.2) is 14.6 Å². The van der Waals surface area contributed by atoms with E-state index >= 15 is 0 Å². The quantitative estimate of drug-likeness (QED) is 0.102. The maximum atomic E-state index is 13.5. The van der Waals surface area contributed by atoms with Gasteiger partial charge in [0.2, 0.25) is 5.91 Å². The number of nitrogens with zero attached hydrogens (tertiary/aromatic N) is 1. The smallest absolute Gasteiger partial charge is 0.512 e. The lowest BCUT2D eigenvalue weighted by atomic mass is 9.72. The number of amides is 2. The van der Waals surface area contributed by atoms with Crippen LogP contribution in [-0.2, 0) is 52.1 Å². The number of carbonyl (C=O) groups excluding carboxylic acids is 6. The number of aliphatic hydroxyl groups excluding tert-OH is 1. The zero-order chi connectivity index (χ0) is 35.5. The summed E-state index contributed by atoms with van der Waals surface area (Å²) in [5.41, 5.74) is 1.34. The molecular weight excluding hydrogens is 644 g/mol. The van der Waals surface area contributed by atoms with Crippen molar-refractivity contribution in [3.05, 3.63) is 54.2 Å². The third-order valence-electron chi connectivity index (χ3n) is 7.32. The van der Waals surface area contributed by atoms with Gasteiger partial charge in [0.25, 0.3) is 17.8 Å². The Balaban J connectivity index is 1.35. The van der Waals surface area contributed by atoms with Crippen LogP contribution in [0.3, 0.4) is 0 Å². The van der Waals surface area contributed by atoms with Gasteiger partial charge in [0.05, 0.1) is 30.6 Å². The lowest BCUT2D eigenvalue weighted by Gasteiger charge is -2.32. The first-order chi connectivity index (χ1) is 23.4. The van der Waals surface area contributed by atoms with Crippen molar-refractivity contribution in [3.8, 4) is 11.3 Å². The van der Waals surface area contributed by atoms with Crippen LogP contribution < -0.4 is 10.6 Å². The van der Waals surface area contributed by atoms with Gasteiger partial charge in [0.15, 0.2) is 12.2 Å². The van der Waals surface area contributed by atoms with Crippen molar-refractivity contribution in [3.63, 3.8) is 0 Å². The predicted molar refractivity (Wildman–Crippen MR) is 170 cm³/mol. The van der Waals surface area contributed by atoms with Crippen molar-refractivity contribution in [2.45, 2.75) is 70.3 Å². The van der Waals surface area contributed by atoms with E-state index < -0.39 is 79.5 Å². The predicted octanol–water partition coefficient (Wildman–Crippen LogP) is -0.197. The second kappa shape index (κ2) is 17.6. The Bertz CT molecular complexity index is 1510. The van der Waals surface area contributed by atoms with Gasteiger partial charge < -0.3 is 43.8 Å². The molecule has 16 nitrogen and oxygen atoms in total. The minimum atomic E-state index is -1.43. The summed E-state index contributed by atoms with van der Waals surface area (Å²) in [6.45, 7) is 4.28. The Kier molecular flexibility index (Phi) is 13.3. The van der Waals surface area contributed by atoms with Crippen LogP contribution in [0.25, 0.3) is 11.3 Å². The molecule has 2 amide bonds. The maximum Gasteiger partial charge on any atom is 0.551 e. The number of esters is 2. The van der Waals surface area contributed by atoms with Crippen molar-refractivity contribution in [2.24, 2.45) is 5.92 Å². The molecule has 0 saturated carbocycles. The van der Waals surface area contributed by atoms with Crippen LogP contribution in [0.2, 0.25) is 0 Å². The normalized spacial score (nSPS) is 19.3. The highest BCUT2D eigenvalue weighted by Gasteiger charge is 2.45.